The van der Waals surface area contributed by atoms with Crippen molar-refractivity contribution < 1.29 is 24.1 Å². The number of nitrogens with zero attached hydrogens (tertiary/aromatic N) is 7. The number of para-hydroxylation sites is 1. The topological polar surface area (TPSA) is 192 Å². The quantitative estimate of drug-likeness (QED) is 0.141. The highest BCUT2D eigenvalue weighted by molar-refractivity contribution is 5.81. The minimum absolute atomic E-state index is 0.132. The minimum Gasteiger partial charge on any atom is -0.493 e. The summed E-state index contributed by atoms with van der Waals surface area (Å²) >= 11 is 0. The number of hydrogen-bond donors (Lipinski definition) is 2. The lowest BCUT2D eigenvalue weighted by Gasteiger charge is -2.27. The molecule has 0 unspecified atom stereocenters. The van der Waals surface area contributed by atoms with Crippen LogP contribution < -0.4 is 25.1 Å². The smallest absolute Gasteiger partial charge is 0.318 e. The first-order valence-electron chi connectivity index (χ1n) is 12.9. The second-order valence-electron chi connectivity index (χ2n) is 8.92. The first-order valence-corrected chi connectivity index (χ1v) is 12.9. The zero-order chi connectivity index (χ0) is 30.2. The summed E-state index contributed by atoms with van der Waals surface area (Å²) in [6.07, 6.45) is 1.47. The van der Waals surface area contributed by atoms with Crippen LogP contribution in [0.2, 0.25) is 0 Å². The summed E-state index contributed by atoms with van der Waals surface area (Å²) in [5.74, 6) is 1.19. The van der Waals surface area contributed by atoms with E-state index in [1.54, 1.807) is 18.2 Å². The van der Waals surface area contributed by atoms with Crippen LogP contribution in [0.15, 0.2) is 71.8 Å². The summed E-state index contributed by atoms with van der Waals surface area (Å²) in [5.41, 5.74) is 3.16. The van der Waals surface area contributed by atoms with Gasteiger partial charge in [-0.1, -0.05) is 18.2 Å². The number of anilines is 4. The van der Waals surface area contributed by atoms with Crippen LogP contribution in [0.25, 0.3) is 0 Å². The first-order chi connectivity index (χ1) is 20.9. The third-order valence-corrected chi connectivity index (χ3v) is 6.08. The molecule has 16 nitrogen and oxygen atoms in total. The van der Waals surface area contributed by atoms with Crippen LogP contribution in [0.3, 0.4) is 0 Å². The number of non-ortho nitro benzene ring substituents is 1. The average molecular weight is 588 g/mol. The number of hydrogen-bond acceptors (Lipinski definition) is 14. The van der Waals surface area contributed by atoms with Crippen LogP contribution in [0.4, 0.5) is 34.9 Å². The molecule has 0 radical (unpaired) electrons. The van der Waals surface area contributed by atoms with Gasteiger partial charge >= 0.3 is 5.69 Å². The zero-order valence-electron chi connectivity index (χ0n) is 22.7. The molecule has 0 bridgehead atoms. The predicted molar refractivity (Wildman–Crippen MR) is 157 cm³/mol. The number of benzene rings is 3. The van der Waals surface area contributed by atoms with E-state index in [-0.39, 0.29) is 23.2 Å². The van der Waals surface area contributed by atoms with Gasteiger partial charge in [-0.25, -0.2) is 5.43 Å². The van der Waals surface area contributed by atoms with E-state index in [1.807, 2.05) is 35.2 Å². The molecule has 0 amide bonds. The van der Waals surface area contributed by atoms with Crippen LogP contribution in [0, 0.1) is 20.2 Å². The third kappa shape index (κ3) is 7.25. The van der Waals surface area contributed by atoms with Gasteiger partial charge in [-0.3, -0.25) is 20.2 Å². The molecule has 1 saturated heterocycles. The largest absolute Gasteiger partial charge is 0.493 e. The zero-order valence-corrected chi connectivity index (χ0v) is 22.7. The minimum atomic E-state index is -0.759. The van der Waals surface area contributed by atoms with Gasteiger partial charge in [-0.2, -0.15) is 20.1 Å². The molecule has 1 aliphatic rings. The number of aromatic nitrogens is 3. The highest BCUT2D eigenvalue weighted by atomic mass is 16.6. The summed E-state index contributed by atoms with van der Waals surface area (Å²) in [6, 6.07) is 17.4. The van der Waals surface area contributed by atoms with Gasteiger partial charge in [0.05, 0.1) is 42.5 Å². The first kappa shape index (κ1) is 28.6. The number of methoxy groups -OCH3 is 1. The van der Waals surface area contributed by atoms with E-state index in [9.17, 15) is 20.2 Å². The Kier molecular flexibility index (Phi) is 8.77. The van der Waals surface area contributed by atoms with Gasteiger partial charge in [0.2, 0.25) is 23.6 Å². The summed E-state index contributed by atoms with van der Waals surface area (Å²) in [7, 11) is 1.41. The van der Waals surface area contributed by atoms with Crippen molar-refractivity contribution in [3.05, 3.63) is 92.5 Å². The fraction of sp³-hybridized carbons (Fsp3) is 0.185. The van der Waals surface area contributed by atoms with Crippen LogP contribution in [0.5, 0.6) is 17.2 Å². The molecule has 220 valence electrons. The van der Waals surface area contributed by atoms with Crippen molar-refractivity contribution in [3.8, 4) is 17.2 Å². The molecule has 3 aromatic carbocycles. The Labute approximate surface area is 244 Å². The van der Waals surface area contributed by atoms with E-state index in [1.165, 1.54) is 13.3 Å². The van der Waals surface area contributed by atoms with Crippen molar-refractivity contribution in [2.24, 2.45) is 5.10 Å². The molecular weight excluding hydrogens is 562 g/mol. The molecule has 2 heterocycles. The molecule has 0 atom stereocenters. The van der Waals surface area contributed by atoms with E-state index >= 15 is 0 Å². The maximum absolute atomic E-state index is 11.5. The van der Waals surface area contributed by atoms with Crippen molar-refractivity contribution in [2.75, 3.05) is 49.1 Å². The molecule has 0 spiro atoms. The Balaban J connectivity index is 1.37. The Morgan fingerprint density at radius 3 is 2.37 bits per heavy atom. The van der Waals surface area contributed by atoms with Crippen molar-refractivity contribution in [1.82, 2.24) is 15.0 Å². The van der Waals surface area contributed by atoms with E-state index in [4.69, 9.17) is 14.2 Å². The number of rotatable bonds is 11. The Hall–Kier alpha value is -5.90. The van der Waals surface area contributed by atoms with Gasteiger partial charge in [0.25, 0.3) is 5.69 Å². The van der Waals surface area contributed by atoms with Crippen LogP contribution in [-0.2, 0) is 4.74 Å². The number of ether oxygens (including phenoxy) is 3. The second kappa shape index (κ2) is 13.2. The van der Waals surface area contributed by atoms with Gasteiger partial charge in [-0.05, 0) is 42.0 Å². The van der Waals surface area contributed by atoms with Crippen LogP contribution >= 0.6 is 0 Å². The Morgan fingerprint density at radius 1 is 0.907 bits per heavy atom. The molecule has 4 aromatic rings. The van der Waals surface area contributed by atoms with Gasteiger partial charge in [0, 0.05) is 24.8 Å². The number of hydrazone groups is 1. The summed E-state index contributed by atoms with van der Waals surface area (Å²) in [5, 5.41) is 30.0. The molecule has 1 aromatic heterocycles. The average Bonchev–Trinajstić information content (AvgIpc) is 3.02. The molecule has 2 N–H and O–H groups in total. The summed E-state index contributed by atoms with van der Waals surface area (Å²) in [4.78, 5) is 36.6. The maximum Gasteiger partial charge on any atom is 0.318 e. The lowest BCUT2D eigenvalue weighted by molar-refractivity contribution is -0.394. The molecular formula is C27H25N9O7. The summed E-state index contributed by atoms with van der Waals surface area (Å²) < 4.78 is 16.5. The molecule has 16 heteroatoms. The monoisotopic (exact) mass is 587 g/mol. The number of nitro benzene ring substituents is 2. The fourth-order valence-electron chi connectivity index (χ4n) is 4.01. The highest BCUT2D eigenvalue weighted by Gasteiger charge is 2.22. The summed E-state index contributed by atoms with van der Waals surface area (Å²) in [6.45, 7) is 2.36. The van der Waals surface area contributed by atoms with Gasteiger partial charge in [0.1, 0.15) is 0 Å². The highest BCUT2D eigenvalue weighted by Crippen LogP contribution is 2.38. The molecule has 0 aliphatic carbocycles. The van der Waals surface area contributed by atoms with E-state index < -0.39 is 21.2 Å². The number of nitrogens with one attached hydrogen (secondary N) is 2. The Morgan fingerprint density at radius 2 is 1.65 bits per heavy atom. The van der Waals surface area contributed by atoms with Crippen LogP contribution in [-0.4, -0.2) is 64.4 Å². The molecule has 5 rings (SSSR count). The van der Waals surface area contributed by atoms with Gasteiger partial charge in [-0.15, -0.1) is 0 Å². The maximum atomic E-state index is 11.5. The number of nitro groups is 2. The normalized spacial score (nSPS) is 13.0. The van der Waals surface area contributed by atoms with E-state index in [0.717, 1.165) is 23.9 Å². The van der Waals surface area contributed by atoms with Crippen molar-refractivity contribution in [2.45, 2.75) is 0 Å². The lowest BCUT2D eigenvalue weighted by atomic mass is 10.2. The fourth-order valence-corrected chi connectivity index (χ4v) is 4.01. The van der Waals surface area contributed by atoms with Crippen molar-refractivity contribution in [3.63, 3.8) is 0 Å². The second-order valence-corrected chi connectivity index (χ2v) is 8.92. The standard InChI is InChI=1S/C27H25N9O7/c1-41-23-9-7-18(15-24(23)43-22-10-8-20(35(37)38)16-21(22)36(39)40)17-28-33-26-30-25(29-19-5-3-2-4-6-19)31-27(32-26)34-11-13-42-14-12-34/h2-10,15-17H,11-14H2,1H3,(H2,29,30,31,32,33)/b28-17-. The predicted octanol–water partition coefficient (Wildman–Crippen LogP) is 4.52. The third-order valence-electron chi connectivity index (χ3n) is 6.08. The Bertz CT molecular complexity index is 1650. The molecule has 43 heavy (non-hydrogen) atoms. The van der Waals surface area contributed by atoms with Crippen molar-refractivity contribution in [1.29, 1.82) is 0 Å². The van der Waals surface area contributed by atoms with E-state index in [2.05, 4.69) is 30.8 Å². The van der Waals surface area contributed by atoms with E-state index in [0.29, 0.717) is 43.8 Å². The van der Waals surface area contributed by atoms with Crippen molar-refractivity contribution >= 4 is 41.1 Å². The molecule has 0 saturated carbocycles. The molecule has 1 aliphatic heterocycles. The van der Waals surface area contributed by atoms with Gasteiger partial charge in [0.15, 0.2) is 11.5 Å². The SMILES string of the molecule is COc1ccc(/C=N\Nc2nc(Nc3ccccc3)nc(N3CCOCC3)n2)cc1Oc1ccc([N+](=O)[O-])cc1[N+](=O)[O-]. The van der Waals surface area contributed by atoms with Gasteiger partial charge < -0.3 is 24.4 Å². The lowest BCUT2D eigenvalue weighted by Crippen LogP contribution is -2.37. The number of morpholine rings is 1. The van der Waals surface area contributed by atoms with Crippen LogP contribution in [0.1, 0.15) is 5.56 Å². The molecule has 1 fully saturated rings.